The summed E-state index contributed by atoms with van der Waals surface area (Å²) in [6, 6.07) is 10.3. The summed E-state index contributed by atoms with van der Waals surface area (Å²) in [5.41, 5.74) is 1.26. The molecule has 2 fully saturated rings. The van der Waals surface area contributed by atoms with E-state index in [1.54, 1.807) is 0 Å². The number of hydrogen-bond acceptors (Lipinski definition) is 4. The van der Waals surface area contributed by atoms with E-state index in [4.69, 9.17) is 0 Å². The number of nitrogens with zero attached hydrogens (tertiary/aromatic N) is 1. The maximum Gasteiger partial charge on any atom is 0.235 e. The highest BCUT2D eigenvalue weighted by Gasteiger charge is 2.31. The number of likely N-dealkylation sites (tertiary alicyclic amines) is 1. The van der Waals surface area contributed by atoms with E-state index in [-0.39, 0.29) is 23.0 Å². The van der Waals surface area contributed by atoms with E-state index in [1.807, 2.05) is 18.2 Å². The van der Waals surface area contributed by atoms with Crippen molar-refractivity contribution in [2.24, 2.45) is 0 Å². The number of hydrogen-bond donors (Lipinski definition) is 1. The Kier molecular flexibility index (Phi) is 6.12. The van der Waals surface area contributed by atoms with Crippen molar-refractivity contribution in [2.75, 3.05) is 18.8 Å². The first-order valence-corrected chi connectivity index (χ1v) is 11.0. The van der Waals surface area contributed by atoms with E-state index in [9.17, 15) is 13.2 Å². The van der Waals surface area contributed by atoms with E-state index >= 15 is 0 Å². The molecule has 1 saturated carbocycles. The second-order valence-electron chi connectivity index (χ2n) is 7.34. The second-order valence-corrected chi connectivity index (χ2v) is 9.62. The minimum Gasteiger partial charge on any atom is -0.351 e. The Labute approximate surface area is 150 Å². The van der Waals surface area contributed by atoms with Crippen molar-refractivity contribution in [3.63, 3.8) is 0 Å². The number of sulfone groups is 1. The topological polar surface area (TPSA) is 66.5 Å². The fraction of sp³-hybridized carbons (Fsp3) is 0.632. The van der Waals surface area contributed by atoms with Crippen LogP contribution in [0.15, 0.2) is 30.3 Å². The zero-order valence-electron chi connectivity index (χ0n) is 14.7. The van der Waals surface area contributed by atoms with Gasteiger partial charge in [-0.25, -0.2) is 8.42 Å². The Bertz CT molecular complexity index is 669. The van der Waals surface area contributed by atoms with Gasteiger partial charge < -0.3 is 5.32 Å². The van der Waals surface area contributed by atoms with Crippen LogP contribution in [0, 0.1) is 0 Å². The third-order valence-electron chi connectivity index (χ3n) is 5.26. The molecule has 2 aliphatic rings. The number of amides is 1. The molecule has 1 heterocycles. The van der Waals surface area contributed by atoms with Crippen LogP contribution in [-0.4, -0.2) is 49.4 Å². The van der Waals surface area contributed by atoms with Crippen molar-refractivity contribution in [3.8, 4) is 0 Å². The fourth-order valence-electron chi connectivity index (χ4n) is 3.98. The molecule has 1 aromatic carbocycles. The molecule has 1 N–H and O–H groups in total. The SMILES string of the molecule is O=C(CS(=O)(=O)C1CCCC1)NC1CCCN(Cc2ccccc2)C1. The van der Waals surface area contributed by atoms with Gasteiger partial charge in [0.25, 0.3) is 0 Å². The molecule has 25 heavy (non-hydrogen) atoms. The van der Waals surface area contributed by atoms with Crippen molar-refractivity contribution in [3.05, 3.63) is 35.9 Å². The first-order valence-electron chi connectivity index (χ1n) is 9.30. The number of piperidine rings is 1. The normalized spacial score (nSPS) is 22.8. The molecule has 0 radical (unpaired) electrons. The highest BCUT2D eigenvalue weighted by atomic mass is 32.2. The number of rotatable bonds is 6. The van der Waals surface area contributed by atoms with Gasteiger partial charge in [-0.05, 0) is 37.8 Å². The number of nitrogens with one attached hydrogen (secondary N) is 1. The van der Waals surface area contributed by atoms with Gasteiger partial charge in [0.1, 0.15) is 5.75 Å². The molecule has 5 nitrogen and oxygen atoms in total. The summed E-state index contributed by atoms with van der Waals surface area (Å²) in [7, 11) is -3.30. The molecule has 0 bridgehead atoms. The molecule has 0 aromatic heterocycles. The molecule has 0 spiro atoms. The van der Waals surface area contributed by atoms with Gasteiger partial charge in [-0.3, -0.25) is 9.69 Å². The van der Waals surface area contributed by atoms with Crippen LogP contribution in [0.5, 0.6) is 0 Å². The van der Waals surface area contributed by atoms with Crippen LogP contribution in [0.25, 0.3) is 0 Å². The molecule has 1 amide bonds. The summed E-state index contributed by atoms with van der Waals surface area (Å²) in [6.45, 7) is 2.67. The Hall–Kier alpha value is -1.40. The molecule has 1 unspecified atom stereocenters. The highest BCUT2D eigenvalue weighted by molar-refractivity contribution is 7.92. The fourth-order valence-corrected chi connectivity index (χ4v) is 5.71. The molecule has 1 aliphatic heterocycles. The zero-order chi connectivity index (χ0) is 17.7. The quantitative estimate of drug-likeness (QED) is 0.840. The smallest absolute Gasteiger partial charge is 0.235 e. The van der Waals surface area contributed by atoms with Gasteiger partial charge in [0.15, 0.2) is 9.84 Å². The summed E-state index contributed by atoms with van der Waals surface area (Å²) >= 11 is 0. The lowest BCUT2D eigenvalue weighted by Crippen LogP contribution is -2.49. The Morgan fingerprint density at radius 2 is 1.80 bits per heavy atom. The standard InChI is InChI=1S/C19H28N2O3S/c22-19(15-25(23,24)18-10-4-5-11-18)20-17-9-6-12-21(14-17)13-16-7-2-1-3-8-16/h1-3,7-8,17-18H,4-6,9-15H2,(H,20,22). The average Bonchev–Trinajstić information content (AvgIpc) is 3.11. The van der Waals surface area contributed by atoms with Crippen LogP contribution in [0.4, 0.5) is 0 Å². The van der Waals surface area contributed by atoms with Crippen LogP contribution >= 0.6 is 0 Å². The van der Waals surface area contributed by atoms with E-state index in [1.165, 1.54) is 5.56 Å². The lowest BCUT2D eigenvalue weighted by atomic mass is 10.0. The Balaban J connectivity index is 1.49. The molecule has 1 saturated heterocycles. The Morgan fingerprint density at radius 1 is 1.08 bits per heavy atom. The van der Waals surface area contributed by atoms with E-state index in [0.717, 1.165) is 45.3 Å². The average molecular weight is 365 g/mol. The van der Waals surface area contributed by atoms with Crippen LogP contribution < -0.4 is 5.32 Å². The van der Waals surface area contributed by atoms with Crippen LogP contribution in [-0.2, 0) is 21.2 Å². The molecule has 6 heteroatoms. The molecule has 1 aromatic rings. The first kappa shape index (κ1) is 18.4. The third kappa shape index (κ3) is 5.28. The summed E-state index contributed by atoms with van der Waals surface area (Å²) in [4.78, 5) is 14.6. The van der Waals surface area contributed by atoms with Crippen molar-refractivity contribution < 1.29 is 13.2 Å². The van der Waals surface area contributed by atoms with Gasteiger partial charge in [-0.1, -0.05) is 43.2 Å². The summed E-state index contributed by atoms with van der Waals surface area (Å²) in [5.74, 6) is -0.689. The van der Waals surface area contributed by atoms with E-state index in [2.05, 4.69) is 22.3 Å². The third-order valence-corrected chi connectivity index (χ3v) is 7.41. The molecular formula is C19H28N2O3S. The van der Waals surface area contributed by atoms with Gasteiger partial charge in [0.2, 0.25) is 5.91 Å². The minimum absolute atomic E-state index is 0.0451. The van der Waals surface area contributed by atoms with Crippen molar-refractivity contribution in [1.29, 1.82) is 0 Å². The van der Waals surface area contributed by atoms with Crippen LogP contribution in [0.3, 0.4) is 0 Å². The first-order chi connectivity index (χ1) is 12.0. The lowest BCUT2D eigenvalue weighted by Gasteiger charge is -2.33. The molecule has 3 rings (SSSR count). The number of carbonyl (C=O) groups excluding carboxylic acids is 1. The number of carbonyl (C=O) groups is 1. The monoisotopic (exact) mass is 364 g/mol. The van der Waals surface area contributed by atoms with Crippen molar-refractivity contribution in [1.82, 2.24) is 10.2 Å². The second kappa shape index (κ2) is 8.32. The largest absolute Gasteiger partial charge is 0.351 e. The summed E-state index contributed by atoms with van der Waals surface area (Å²) in [5, 5.41) is 2.65. The molecule has 1 atom stereocenters. The van der Waals surface area contributed by atoms with Gasteiger partial charge in [0.05, 0.1) is 5.25 Å². The maximum absolute atomic E-state index is 12.3. The van der Waals surface area contributed by atoms with Gasteiger partial charge in [-0.2, -0.15) is 0 Å². The molecular weight excluding hydrogens is 336 g/mol. The Morgan fingerprint density at radius 3 is 2.52 bits per heavy atom. The highest BCUT2D eigenvalue weighted by Crippen LogP contribution is 2.25. The minimum atomic E-state index is -3.30. The predicted octanol–water partition coefficient (Wildman–Crippen LogP) is 2.12. The van der Waals surface area contributed by atoms with E-state index in [0.29, 0.717) is 12.8 Å². The van der Waals surface area contributed by atoms with Crippen molar-refractivity contribution >= 4 is 15.7 Å². The number of benzene rings is 1. The van der Waals surface area contributed by atoms with Gasteiger partial charge >= 0.3 is 0 Å². The van der Waals surface area contributed by atoms with Crippen LogP contribution in [0.1, 0.15) is 44.1 Å². The predicted molar refractivity (Wildman–Crippen MR) is 98.9 cm³/mol. The lowest BCUT2D eigenvalue weighted by molar-refractivity contribution is -0.119. The van der Waals surface area contributed by atoms with E-state index < -0.39 is 9.84 Å². The molecule has 138 valence electrons. The molecule has 1 aliphatic carbocycles. The van der Waals surface area contributed by atoms with Gasteiger partial charge in [-0.15, -0.1) is 0 Å². The summed E-state index contributed by atoms with van der Waals surface area (Å²) < 4.78 is 24.6. The maximum atomic E-state index is 12.3. The van der Waals surface area contributed by atoms with Gasteiger partial charge in [0, 0.05) is 19.1 Å². The zero-order valence-corrected chi connectivity index (χ0v) is 15.5. The summed E-state index contributed by atoms with van der Waals surface area (Å²) in [6.07, 6.45) is 5.28. The van der Waals surface area contributed by atoms with Crippen LogP contribution in [0.2, 0.25) is 0 Å². The van der Waals surface area contributed by atoms with Crippen molar-refractivity contribution in [2.45, 2.75) is 56.4 Å².